The molecule has 0 radical (unpaired) electrons. The molecule has 0 aromatic carbocycles. The van der Waals surface area contributed by atoms with Crippen LogP contribution in [0.15, 0.2) is 5.38 Å². The molecule has 3 N–H and O–H groups in total. The van der Waals surface area contributed by atoms with Crippen molar-refractivity contribution in [3.05, 3.63) is 16.1 Å². The van der Waals surface area contributed by atoms with Crippen molar-refractivity contribution in [3.63, 3.8) is 0 Å². The van der Waals surface area contributed by atoms with E-state index in [0.717, 1.165) is 16.7 Å². The number of carbonyl (C=O) groups is 1. The molecular weight excluding hydrogens is 343 g/mol. The van der Waals surface area contributed by atoms with Gasteiger partial charge in [0.2, 0.25) is 5.91 Å². The minimum absolute atomic E-state index is 0. The van der Waals surface area contributed by atoms with Gasteiger partial charge in [0.15, 0.2) is 5.69 Å². The molecular formula is C12H17ClF3N3O2S. The maximum absolute atomic E-state index is 12.4. The summed E-state index contributed by atoms with van der Waals surface area (Å²) in [4.78, 5) is 15.3. The maximum Gasteiger partial charge on any atom is 0.434 e. The molecule has 1 unspecified atom stereocenters. The number of thiazole rings is 1. The van der Waals surface area contributed by atoms with E-state index in [1.54, 1.807) is 0 Å². The number of hydrogen-bond acceptors (Lipinski definition) is 5. The SMILES string of the molecule is Cl.NC(C(=O)NCc1nc(C(F)(F)F)cs1)C1CCOCC1. The highest BCUT2D eigenvalue weighted by Gasteiger charge is 2.33. The van der Waals surface area contributed by atoms with Gasteiger partial charge >= 0.3 is 6.18 Å². The first-order valence-corrected chi connectivity index (χ1v) is 7.38. The number of nitrogens with two attached hydrogens (primary N) is 1. The fourth-order valence-electron chi connectivity index (χ4n) is 2.09. The van der Waals surface area contributed by atoms with Gasteiger partial charge in [-0.1, -0.05) is 0 Å². The Labute approximate surface area is 135 Å². The molecule has 0 saturated carbocycles. The second-order valence-corrected chi connectivity index (χ2v) is 5.76. The Morgan fingerprint density at radius 3 is 2.68 bits per heavy atom. The van der Waals surface area contributed by atoms with Gasteiger partial charge in [-0.25, -0.2) is 4.98 Å². The smallest absolute Gasteiger partial charge is 0.381 e. The van der Waals surface area contributed by atoms with Crippen LogP contribution in [0.4, 0.5) is 13.2 Å². The van der Waals surface area contributed by atoms with Crippen LogP contribution >= 0.6 is 23.7 Å². The third-order valence-electron chi connectivity index (χ3n) is 3.33. The second kappa shape index (κ2) is 8.09. The van der Waals surface area contributed by atoms with Gasteiger partial charge in [0.1, 0.15) is 5.01 Å². The van der Waals surface area contributed by atoms with Crippen molar-refractivity contribution in [2.45, 2.75) is 31.6 Å². The number of carbonyl (C=O) groups excluding carboxylic acids is 1. The Hall–Kier alpha value is -0.900. The van der Waals surface area contributed by atoms with Crippen molar-refractivity contribution >= 4 is 29.7 Å². The van der Waals surface area contributed by atoms with E-state index >= 15 is 0 Å². The molecule has 5 nitrogen and oxygen atoms in total. The highest BCUT2D eigenvalue weighted by Crippen LogP contribution is 2.29. The Bertz CT molecular complexity index is 492. The second-order valence-electron chi connectivity index (χ2n) is 4.82. The summed E-state index contributed by atoms with van der Waals surface area (Å²) in [5.41, 5.74) is 4.93. The van der Waals surface area contributed by atoms with Crippen molar-refractivity contribution in [1.29, 1.82) is 0 Å². The topological polar surface area (TPSA) is 77.2 Å². The van der Waals surface area contributed by atoms with Gasteiger partial charge in [-0.2, -0.15) is 13.2 Å². The van der Waals surface area contributed by atoms with Gasteiger partial charge < -0.3 is 15.8 Å². The lowest BCUT2D eigenvalue weighted by Crippen LogP contribution is -2.46. The highest BCUT2D eigenvalue weighted by molar-refractivity contribution is 7.09. The molecule has 1 aromatic rings. The third-order valence-corrected chi connectivity index (χ3v) is 4.18. The lowest BCUT2D eigenvalue weighted by atomic mass is 9.92. The fourth-order valence-corrected chi connectivity index (χ4v) is 2.83. The molecule has 1 aliphatic rings. The minimum Gasteiger partial charge on any atom is -0.381 e. The molecule has 1 amide bonds. The summed E-state index contributed by atoms with van der Waals surface area (Å²) < 4.78 is 42.4. The van der Waals surface area contributed by atoms with Crippen LogP contribution in [-0.4, -0.2) is 30.1 Å². The number of aromatic nitrogens is 1. The number of halogens is 4. The largest absolute Gasteiger partial charge is 0.434 e. The standard InChI is InChI=1S/C12H16F3N3O2S.ClH/c13-12(14,15)8-6-21-9(18-8)5-17-11(19)10(16)7-1-3-20-4-2-7;/h6-7,10H,1-5,16H2,(H,17,19);1H. The molecule has 1 fully saturated rings. The summed E-state index contributed by atoms with van der Waals surface area (Å²) in [5, 5.41) is 3.67. The quantitative estimate of drug-likeness (QED) is 0.861. The number of amides is 1. The summed E-state index contributed by atoms with van der Waals surface area (Å²) in [7, 11) is 0. The maximum atomic E-state index is 12.4. The van der Waals surface area contributed by atoms with E-state index in [1.165, 1.54) is 0 Å². The molecule has 2 rings (SSSR count). The van der Waals surface area contributed by atoms with Gasteiger partial charge in [0, 0.05) is 18.6 Å². The van der Waals surface area contributed by atoms with E-state index < -0.39 is 17.9 Å². The monoisotopic (exact) mass is 359 g/mol. The summed E-state index contributed by atoms with van der Waals surface area (Å²) in [6, 6.07) is -0.670. The zero-order chi connectivity index (χ0) is 15.5. The van der Waals surface area contributed by atoms with Crippen molar-refractivity contribution < 1.29 is 22.7 Å². The molecule has 22 heavy (non-hydrogen) atoms. The van der Waals surface area contributed by atoms with Crippen LogP contribution in [0, 0.1) is 5.92 Å². The minimum atomic E-state index is -4.46. The van der Waals surface area contributed by atoms with E-state index in [4.69, 9.17) is 10.5 Å². The van der Waals surface area contributed by atoms with Gasteiger partial charge in [-0.15, -0.1) is 23.7 Å². The van der Waals surface area contributed by atoms with Crippen LogP contribution in [0.25, 0.3) is 0 Å². The molecule has 1 saturated heterocycles. The van der Waals surface area contributed by atoms with Crippen LogP contribution in [0.2, 0.25) is 0 Å². The van der Waals surface area contributed by atoms with E-state index in [0.29, 0.717) is 26.1 Å². The van der Waals surface area contributed by atoms with Crippen LogP contribution in [0.1, 0.15) is 23.5 Å². The average Bonchev–Trinajstić information content (AvgIpc) is 2.94. The predicted molar refractivity (Wildman–Crippen MR) is 77.7 cm³/mol. The van der Waals surface area contributed by atoms with Crippen molar-refractivity contribution in [2.75, 3.05) is 13.2 Å². The Morgan fingerprint density at radius 1 is 1.50 bits per heavy atom. The van der Waals surface area contributed by atoms with Gasteiger partial charge in [0.05, 0.1) is 12.6 Å². The lowest BCUT2D eigenvalue weighted by molar-refractivity contribution is -0.140. The molecule has 0 aliphatic carbocycles. The van der Waals surface area contributed by atoms with E-state index in [2.05, 4.69) is 10.3 Å². The first-order valence-electron chi connectivity index (χ1n) is 6.50. The Balaban J connectivity index is 0.00000242. The molecule has 0 spiro atoms. The zero-order valence-electron chi connectivity index (χ0n) is 11.6. The van der Waals surface area contributed by atoms with Crippen LogP contribution in [-0.2, 0) is 22.3 Å². The molecule has 1 aromatic heterocycles. The fraction of sp³-hybridized carbons (Fsp3) is 0.667. The lowest BCUT2D eigenvalue weighted by Gasteiger charge is -2.26. The van der Waals surface area contributed by atoms with Gasteiger partial charge in [-0.3, -0.25) is 4.79 Å². The van der Waals surface area contributed by atoms with E-state index in [-0.39, 0.29) is 35.8 Å². The van der Waals surface area contributed by atoms with Crippen molar-refractivity contribution in [3.8, 4) is 0 Å². The number of hydrogen-bond donors (Lipinski definition) is 2. The van der Waals surface area contributed by atoms with Crippen LogP contribution < -0.4 is 11.1 Å². The predicted octanol–water partition coefficient (Wildman–Crippen LogP) is 1.95. The van der Waals surface area contributed by atoms with Crippen molar-refractivity contribution in [2.24, 2.45) is 11.7 Å². The number of rotatable bonds is 4. The van der Waals surface area contributed by atoms with Crippen molar-refractivity contribution in [1.82, 2.24) is 10.3 Å². The first-order chi connectivity index (χ1) is 9.88. The van der Waals surface area contributed by atoms with Gasteiger partial charge in [0.25, 0.3) is 0 Å². The zero-order valence-corrected chi connectivity index (χ0v) is 13.2. The van der Waals surface area contributed by atoms with Crippen LogP contribution in [0.3, 0.4) is 0 Å². The van der Waals surface area contributed by atoms with E-state index in [1.807, 2.05) is 0 Å². The Kier molecular flexibility index (Phi) is 7.04. The Morgan fingerprint density at radius 2 is 2.14 bits per heavy atom. The molecule has 10 heteroatoms. The van der Waals surface area contributed by atoms with E-state index in [9.17, 15) is 18.0 Å². The van der Waals surface area contributed by atoms with Crippen LogP contribution in [0.5, 0.6) is 0 Å². The normalized spacial score (nSPS) is 17.6. The molecule has 0 bridgehead atoms. The average molecular weight is 360 g/mol. The molecule has 1 aliphatic heterocycles. The first kappa shape index (κ1) is 19.1. The summed E-state index contributed by atoms with van der Waals surface area (Å²) in [6.45, 7) is 1.11. The summed E-state index contributed by atoms with van der Waals surface area (Å²) in [5.74, 6) is -0.327. The van der Waals surface area contributed by atoms with Gasteiger partial charge in [-0.05, 0) is 18.8 Å². The molecule has 126 valence electrons. The third kappa shape index (κ3) is 5.08. The number of nitrogens with zero attached hydrogens (tertiary/aromatic N) is 1. The number of ether oxygens (including phenoxy) is 1. The molecule has 2 heterocycles. The summed E-state index contributed by atoms with van der Waals surface area (Å²) >= 11 is 0.859. The molecule has 1 atom stereocenters. The summed E-state index contributed by atoms with van der Waals surface area (Å²) in [6.07, 6.45) is -3.04. The number of alkyl halides is 3. The number of nitrogens with one attached hydrogen (secondary N) is 1. The highest BCUT2D eigenvalue weighted by atomic mass is 35.5.